The van der Waals surface area contributed by atoms with Crippen LogP contribution in [0, 0.1) is 5.82 Å². The van der Waals surface area contributed by atoms with Crippen LogP contribution < -0.4 is 0 Å². The third kappa shape index (κ3) is 1.88. The Balaban J connectivity index is 3.27. The monoisotopic (exact) mass is 294 g/mol. The Hall–Kier alpha value is 0.110. The molecule has 3 heteroatoms. The van der Waals surface area contributed by atoms with Crippen molar-refractivity contribution in [3.63, 3.8) is 0 Å². The van der Waals surface area contributed by atoms with Crippen LogP contribution in [-0.4, -0.2) is 0 Å². The lowest BCUT2D eigenvalue weighted by atomic mass is 10.0. The first-order valence-corrected chi connectivity index (χ1v) is 5.26. The van der Waals surface area contributed by atoms with E-state index in [0.29, 0.717) is 4.47 Å². The number of benzene rings is 1. The second kappa shape index (κ2) is 3.88. The summed E-state index contributed by atoms with van der Waals surface area (Å²) in [6.45, 7) is 3.94. The fraction of sp³-hybridized carbons (Fsp3) is 0.333. The predicted octanol–water partition coefficient (Wildman–Crippen LogP) is 4.47. The van der Waals surface area contributed by atoms with E-state index in [1.807, 2.05) is 19.9 Å². The SMILES string of the molecule is CC(C)c1ccc(Br)c(Br)c1F. The van der Waals surface area contributed by atoms with Crippen molar-refractivity contribution in [1.82, 2.24) is 0 Å². The second-order valence-electron chi connectivity index (χ2n) is 2.92. The van der Waals surface area contributed by atoms with Crippen molar-refractivity contribution in [1.29, 1.82) is 0 Å². The molecule has 0 amide bonds. The first kappa shape index (κ1) is 10.2. The van der Waals surface area contributed by atoms with Crippen molar-refractivity contribution in [3.05, 3.63) is 32.5 Å². The quantitative estimate of drug-likeness (QED) is 0.671. The molecule has 0 aliphatic carbocycles. The highest BCUT2D eigenvalue weighted by atomic mass is 79.9. The van der Waals surface area contributed by atoms with Crippen molar-refractivity contribution >= 4 is 31.9 Å². The summed E-state index contributed by atoms with van der Waals surface area (Å²) in [5, 5.41) is 0. The first-order valence-electron chi connectivity index (χ1n) is 3.67. The Kier molecular flexibility index (Phi) is 3.29. The summed E-state index contributed by atoms with van der Waals surface area (Å²) in [5.41, 5.74) is 0.741. The molecule has 1 aromatic carbocycles. The van der Waals surface area contributed by atoms with E-state index in [1.54, 1.807) is 6.07 Å². The van der Waals surface area contributed by atoms with Gasteiger partial charge in [0.1, 0.15) is 5.82 Å². The largest absolute Gasteiger partial charge is 0.205 e. The molecule has 0 atom stereocenters. The maximum absolute atomic E-state index is 13.4. The third-order valence-corrected chi connectivity index (χ3v) is 3.66. The molecule has 0 saturated heterocycles. The molecule has 0 unspecified atom stereocenters. The van der Waals surface area contributed by atoms with Gasteiger partial charge in [-0.1, -0.05) is 19.9 Å². The summed E-state index contributed by atoms with van der Waals surface area (Å²) in [6, 6.07) is 3.65. The van der Waals surface area contributed by atoms with E-state index < -0.39 is 0 Å². The molecule has 0 fully saturated rings. The highest BCUT2D eigenvalue weighted by molar-refractivity contribution is 9.13. The highest BCUT2D eigenvalue weighted by Gasteiger charge is 2.11. The molecule has 0 N–H and O–H groups in total. The van der Waals surface area contributed by atoms with Gasteiger partial charge in [-0.15, -0.1) is 0 Å². The molecule has 12 heavy (non-hydrogen) atoms. The number of rotatable bonds is 1. The van der Waals surface area contributed by atoms with E-state index in [2.05, 4.69) is 31.9 Å². The maximum atomic E-state index is 13.4. The van der Waals surface area contributed by atoms with E-state index in [4.69, 9.17) is 0 Å². The minimum atomic E-state index is -0.167. The normalized spacial score (nSPS) is 10.8. The van der Waals surface area contributed by atoms with Gasteiger partial charge >= 0.3 is 0 Å². The lowest BCUT2D eigenvalue weighted by Gasteiger charge is -2.08. The minimum absolute atomic E-state index is 0.167. The predicted molar refractivity (Wildman–Crippen MR) is 55.9 cm³/mol. The maximum Gasteiger partial charge on any atom is 0.141 e. The van der Waals surface area contributed by atoms with Crippen LogP contribution in [0.3, 0.4) is 0 Å². The molecule has 66 valence electrons. The molecule has 0 nitrogen and oxygen atoms in total. The number of halogens is 3. The summed E-state index contributed by atoms with van der Waals surface area (Å²) in [6.07, 6.45) is 0. The van der Waals surface area contributed by atoms with E-state index in [-0.39, 0.29) is 11.7 Å². The molecular weight excluding hydrogens is 287 g/mol. The average Bonchev–Trinajstić information content (AvgIpc) is 2.00. The summed E-state index contributed by atoms with van der Waals surface area (Å²) in [7, 11) is 0. The van der Waals surface area contributed by atoms with Gasteiger partial charge in [-0.2, -0.15) is 0 Å². The van der Waals surface area contributed by atoms with Crippen molar-refractivity contribution < 1.29 is 4.39 Å². The smallest absolute Gasteiger partial charge is 0.141 e. The molecule has 1 aromatic rings. The average molecular weight is 296 g/mol. The van der Waals surface area contributed by atoms with E-state index >= 15 is 0 Å². The van der Waals surface area contributed by atoms with Gasteiger partial charge in [0.05, 0.1) is 4.47 Å². The zero-order chi connectivity index (χ0) is 9.30. The van der Waals surface area contributed by atoms with Gasteiger partial charge in [-0.05, 0) is 49.4 Å². The van der Waals surface area contributed by atoms with Gasteiger partial charge in [-0.25, -0.2) is 4.39 Å². The summed E-state index contributed by atoms with van der Waals surface area (Å²) >= 11 is 6.42. The third-order valence-electron chi connectivity index (χ3n) is 1.69. The topological polar surface area (TPSA) is 0 Å². The second-order valence-corrected chi connectivity index (χ2v) is 4.57. The van der Waals surface area contributed by atoms with Crippen molar-refractivity contribution in [2.75, 3.05) is 0 Å². The van der Waals surface area contributed by atoms with Gasteiger partial charge in [0.2, 0.25) is 0 Å². The fourth-order valence-electron chi connectivity index (χ4n) is 0.987. The molecule has 1 rings (SSSR count). The van der Waals surface area contributed by atoms with Gasteiger partial charge in [0.25, 0.3) is 0 Å². The van der Waals surface area contributed by atoms with Gasteiger partial charge in [-0.3, -0.25) is 0 Å². The van der Waals surface area contributed by atoms with E-state index in [1.165, 1.54) is 0 Å². The van der Waals surface area contributed by atoms with Gasteiger partial charge < -0.3 is 0 Å². The van der Waals surface area contributed by atoms with Crippen LogP contribution in [0.15, 0.2) is 21.1 Å². The molecular formula is C9H9Br2F. The van der Waals surface area contributed by atoms with Crippen molar-refractivity contribution in [2.45, 2.75) is 19.8 Å². The van der Waals surface area contributed by atoms with Crippen LogP contribution in [0.1, 0.15) is 25.3 Å². The molecule has 0 heterocycles. The van der Waals surface area contributed by atoms with Gasteiger partial charge in [0, 0.05) is 4.47 Å². The molecule has 0 spiro atoms. The molecule has 0 saturated carbocycles. The Morgan fingerprint density at radius 2 is 1.83 bits per heavy atom. The van der Waals surface area contributed by atoms with Crippen LogP contribution >= 0.6 is 31.9 Å². The molecule has 0 aliphatic heterocycles. The van der Waals surface area contributed by atoms with Crippen molar-refractivity contribution in [2.24, 2.45) is 0 Å². The summed E-state index contributed by atoms with van der Waals surface area (Å²) in [5.74, 6) is 0.0498. The lowest BCUT2D eigenvalue weighted by Crippen LogP contribution is -1.93. The summed E-state index contributed by atoms with van der Waals surface area (Å²) in [4.78, 5) is 0. The van der Waals surface area contributed by atoms with Crippen LogP contribution in [0.4, 0.5) is 4.39 Å². The Bertz CT molecular complexity index is 295. The fourth-order valence-corrected chi connectivity index (χ4v) is 1.65. The van der Waals surface area contributed by atoms with E-state index in [9.17, 15) is 4.39 Å². The zero-order valence-electron chi connectivity index (χ0n) is 6.87. The van der Waals surface area contributed by atoms with Crippen LogP contribution in [0.5, 0.6) is 0 Å². The van der Waals surface area contributed by atoms with E-state index in [0.717, 1.165) is 10.0 Å². The minimum Gasteiger partial charge on any atom is -0.205 e. The molecule has 0 aromatic heterocycles. The zero-order valence-corrected chi connectivity index (χ0v) is 10.0. The number of hydrogen-bond acceptors (Lipinski definition) is 0. The van der Waals surface area contributed by atoms with Crippen LogP contribution in [0.25, 0.3) is 0 Å². The Labute approximate surface area is 88.4 Å². The Morgan fingerprint density at radius 1 is 1.25 bits per heavy atom. The van der Waals surface area contributed by atoms with Crippen LogP contribution in [-0.2, 0) is 0 Å². The molecule has 0 radical (unpaired) electrons. The first-order chi connectivity index (χ1) is 5.54. The van der Waals surface area contributed by atoms with Crippen molar-refractivity contribution in [3.8, 4) is 0 Å². The molecule has 0 aliphatic rings. The molecule has 0 bridgehead atoms. The lowest BCUT2D eigenvalue weighted by molar-refractivity contribution is 0.591. The van der Waals surface area contributed by atoms with Gasteiger partial charge in [0.15, 0.2) is 0 Å². The standard InChI is InChI=1S/C9H9Br2F/c1-5(2)6-3-4-7(10)8(11)9(6)12/h3-5H,1-2H3. The van der Waals surface area contributed by atoms with Crippen LogP contribution in [0.2, 0.25) is 0 Å². The number of hydrogen-bond donors (Lipinski definition) is 0. The highest BCUT2D eigenvalue weighted by Crippen LogP contribution is 2.30. The summed E-state index contributed by atoms with van der Waals surface area (Å²) < 4.78 is 14.7. The Morgan fingerprint density at radius 3 is 2.33 bits per heavy atom.